The van der Waals surface area contributed by atoms with E-state index in [1.165, 1.54) is 0 Å². The van der Waals surface area contributed by atoms with Gasteiger partial charge in [-0.2, -0.15) is 0 Å². The number of nitrogens with two attached hydrogens (primary N) is 1. The average Bonchev–Trinajstić information content (AvgIpc) is 2.69. The van der Waals surface area contributed by atoms with E-state index in [-0.39, 0.29) is 24.2 Å². The van der Waals surface area contributed by atoms with E-state index < -0.39 is 77.0 Å². The molecule has 0 bridgehead atoms. The highest BCUT2D eigenvalue weighted by molar-refractivity contribution is 5.23. The number of hydrogen-bond donors (Lipinski definition) is 9. The number of aliphatic hydroxyl groups excluding tert-OH is 7. The molecule has 198 valence electrons. The predicted octanol–water partition coefficient (Wildman–Crippen LogP) is -1.09. The molecule has 4 fully saturated rings. The molecule has 0 heterocycles. The van der Waals surface area contributed by atoms with Gasteiger partial charge in [0.05, 0.1) is 42.5 Å². The van der Waals surface area contributed by atoms with Crippen LogP contribution in [0.4, 0.5) is 0 Å². The summed E-state index contributed by atoms with van der Waals surface area (Å²) in [4.78, 5) is 0. The second-order valence-corrected chi connectivity index (χ2v) is 13.0. The van der Waals surface area contributed by atoms with Crippen molar-refractivity contribution >= 4 is 0 Å². The van der Waals surface area contributed by atoms with Gasteiger partial charge in [-0.1, -0.05) is 27.7 Å². The normalized spacial score (nSPS) is 57.4. The van der Waals surface area contributed by atoms with Gasteiger partial charge < -0.3 is 46.6 Å². The van der Waals surface area contributed by atoms with E-state index in [1.54, 1.807) is 6.92 Å². The molecular weight excluding hydrogens is 442 g/mol. The molecule has 10 N–H and O–H groups in total. The van der Waals surface area contributed by atoms with Gasteiger partial charge in [0.1, 0.15) is 11.8 Å². The number of aliphatic hydroxyl groups is 8. The molecule has 0 radical (unpaired) electrons. The Hall–Kier alpha value is -0.360. The van der Waals surface area contributed by atoms with E-state index in [0.717, 1.165) is 0 Å². The number of fused-ring (bicyclic) bond motifs is 3. The summed E-state index contributed by atoms with van der Waals surface area (Å²) in [7, 11) is 0. The molecule has 4 saturated carbocycles. The third kappa shape index (κ3) is 3.54. The van der Waals surface area contributed by atoms with Gasteiger partial charge in [-0.15, -0.1) is 0 Å². The van der Waals surface area contributed by atoms with Crippen LogP contribution in [0.25, 0.3) is 0 Å². The van der Waals surface area contributed by atoms with Crippen molar-refractivity contribution in [3.8, 4) is 0 Å². The molecule has 0 aromatic carbocycles. The Morgan fingerprint density at radius 2 is 1.50 bits per heavy atom. The van der Waals surface area contributed by atoms with Crippen LogP contribution in [-0.4, -0.2) is 89.3 Å². The summed E-state index contributed by atoms with van der Waals surface area (Å²) in [6.07, 6.45) is -6.67. The largest absolute Gasteiger partial charge is 0.393 e. The molecular formula is C25H45NO8. The molecule has 0 amide bonds. The lowest BCUT2D eigenvalue weighted by atomic mass is 9.39. The molecule has 34 heavy (non-hydrogen) atoms. The first-order chi connectivity index (χ1) is 15.6. The first kappa shape index (κ1) is 26.7. The van der Waals surface area contributed by atoms with E-state index >= 15 is 0 Å². The number of hydrogen-bond acceptors (Lipinski definition) is 9. The van der Waals surface area contributed by atoms with Crippen molar-refractivity contribution in [1.29, 1.82) is 0 Å². The van der Waals surface area contributed by atoms with Crippen molar-refractivity contribution in [3.05, 3.63) is 0 Å². The zero-order valence-electron chi connectivity index (χ0n) is 20.7. The Bertz CT molecular complexity index is 767. The second kappa shape index (κ2) is 8.60. The standard InChI is InChI=1S/C25H45NO8/c1-10(2)18(29)11-5-6-13(27)15-12(11)7-23(3)9-24(4)8-14(28)16(22(26)33)20(31)25(24,34)21(32)17(23)19(15)30/h10-22,27-34H,5-9,26H2,1-4H3/t11?,12?,13?,14?,15?,16?,17?,18?,19?,20?,21?,22?,23-,24+,25?/m0/s1. The Balaban J connectivity index is 1.76. The van der Waals surface area contributed by atoms with Crippen LogP contribution in [0.1, 0.15) is 59.8 Å². The Kier molecular flexibility index (Phi) is 6.75. The zero-order valence-corrected chi connectivity index (χ0v) is 20.7. The molecule has 15 atom stereocenters. The van der Waals surface area contributed by atoms with Crippen molar-refractivity contribution in [2.75, 3.05) is 0 Å². The van der Waals surface area contributed by atoms with Gasteiger partial charge in [0.2, 0.25) is 0 Å². The summed E-state index contributed by atoms with van der Waals surface area (Å²) in [5.41, 5.74) is 1.70. The fraction of sp³-hybridized carbons (Fsp3) is 1.00. The molecule has 9 nitrogen and oxygen atoms in total. The first-order valence-electron chi connectivity index (χ1n) is 12.8. The third-order valence-electron chi connectivity index (χ3n) is 10.5. The van der Waals surface area contributed by atoms with Crippen LogP contribution in [0.5, 0.6) is 0 Å². The van der Waals surface area contributed by atoms with Crippen LogP contribution in [0.2, 0.25) is 0 Å². The highest BCUT2D eigenvalue weighted by Crippen LogP contribution is 2.67. The topological polar surface area (TPSA) is 188 Å². The van der Waals surface area contributed by atoms with E-state index in [1.807, 2.05) is 20.8 Å². The predicted molar refractivity (Wildman–Crippen MR) is 123 cm³/mol. The van der Waals surface area contributed by atoms with Crippen LogP contribution in [0.3, 0.4) is 0 Å². The van der Waals surface area contributed by atoms with E-state index in [9.17, 15) is 40.9 Å². The molecule has 0 aliphatic heterocycles. The summed E-state index contributed by atoms with van der Waals surface area (Å²) in [5.74, 6) is -2.93. The Morgan fingerprint density at radius 1 is 0.882 bits per heavy atom. The summed E-state index contributed by atoms with van der Waals surface area (Å²) in [6, 6.07) is 0. The highest BCUT2D eigenvalue weighted by atomic mass is 16.4. The maximum absolute atomic E-state index is 11.9. The summed E-state index contributed by atoms with van der Waals surface area (Å²) in [5, 5.41) is 88.9. The molecule has 9 heteroatoms. The molecule has 4 aliphatic rings. The van der Waals surface area contributed by atoms with Gasteiger partial charge >= 0.3 is 0 Å². The van der Waals surface area contributed by atoms with Gasteiger partial charge in [-0.3, -0.25) is 0 Å². The van der Waals surface area contributed by atoms with Crippen LogP contribution in [-0.2, 0) is 0 Å². The van der Waals surface area contributed by atoms with Crippen molar-refractivity contribution in [2.24, 2.45) is 52.1 Å². The van der Waals surface area contributed by atoms with Gasteiger partial charge in [0.15, 0.2) is 0 Å². The van der Waals surface area contributed by atoms with Crippen LogP contribution in [0.15, 0.2) is 0 Å². The highest BCUT2D eigenvalue weighted by Gasteiger charge is 2.73. The fourth-order valence-corrected chi connectivity index (χ4v) is 9.06. The maximum Gasteiger partial charge on any atom is 0.123 e. The lowest BCUT2D eigenvalue weighted by Gasteiger charge is -2.69. The molecule has 13 unspecified atom stereocenters. The minimum Gasteiger partial charge on any atom is -0.393 e. The smallest absolute Gasteiger partial charge is 0.123 e. The summed E-state index contributed by atoms with van der Waals surface area (Å²) in [6.45, 7) is 7.58. The summed E-state index contributed by atoms with van der Waals surface area (Å²) < 4.78 is 0. The van der Waals surface area contributed by atoms with E-state index in [4.69, 9.17) is 5.73 Å². The Labute approximate surface area is 201 Å². The molecule has 4 rings (SSSR count). The minimum absolute atomic E-state index is 0.0176. The van der Waals surface area contributed by atoms with Crippen molar-refractivity contribution in [1.82, 2.24) is 0 Å². The minimum atomic E-state index is -2.12. The summed E-state index contributed by atoms with van der Waals surface area (Å²) >= 11 is 0. The number of rotatable bonds is 3. The zero-order chi connectivity index (χ0) is 25.5. The van der Waals surface area contributed by atoms with Crippen molar-refractivity contribution in [3.63, 3.8) is 0 Å². The second-order valence-electron chi connectivity index (χ2n) is 13.0. The maximum atomic E-state index is 11.9. The van der Waals surface area contributed by atoms with Crippen LogP contribution < -0.4 is 5.73 Å². The Morgan fingerprint density at radius 3 is 2.06 bits per heavy atom. The monoisotopic (exact) mass is 487 g/mol. The third-order valence-corrected chi connectivity index (χ3v) is 10.5. The average molecular weight is 488 g/mol. The van der Waals surface area contributed by atoms with E-state index in [2.05, 4.69) is 0 Å². The van der Waals surface area contributed by atoms with Crippen molar-refractivity contribution < 1.29 is 40.9 Å². The quantitative estimate of drug-likeness (QED) is 0.223. The molecule has 0 saturated heterocycles. The SMILES string of the molecule is CC(C)C(O)C1CCC(O)C2C(O)C3C(O)C4(O)C(O)C(C(N)O)C(O)C[C@]4(C)C[C@]3(C)CC12. The molecule has 0 aromatic rings. The van der Waals surface area contributed by atoms with Gasteiger partial charge in [0, 0.05) is 17.3 Å². The van der Waals surface area contributed by atoms with E-state index in [0.29, 0.717) is 25.7 Å². The lowest BCUT2D eigenvalue weighted by Crippen LogP contribution is -2.79. The van der Waals surface area contributed by atoms with Crippen molar-refractivity contribution in [2.45, 2.75) is 108 Å². The van der Waals surface area contributed by atoms with Gasteiger partial charge in [-0.25, -0.2) is 0 Å². The molecule has 0 spiro atoms. The van der Waals surface area contributed by atoms with Crippen LogP contribution >= 0.6 is 0 Å². The van der Waals surface area contributed by atoms with Gasteiger partial charge in [0.25, 0.3) is 0 Å². The fourth-order valence-electron chi connectivity index (χ4n) is 9.06. The van der Waals surface area contributed by atoms with Gasteiger partial charge in [-0.05, 0) is 55.3 Å². The molecule has 4 aliphatic carbocycles. The lowest BCUT2D eigenvalue weighted by molar-refractivity contribution is -0.338. The molecule has 0 aromatic heterocycles. The first-order valence-corrected chi connectivity index (χ1v) is 12.8. The van der Waals surface area contributed by atoms with Crippen LogP contribution in [0, 0.1) is 46.3 Å².